The molecular weight excluding hydrogens is 232 g/mol. The van der Waals surface area contributed by atoms with Crippen LogP contribution in [-0.2, 0) is 4.79 Å². The van der Waals surface area contributed by atoms with Crippen LogP contribution < -0.4 is 5.73 Å². The molecule has 0 radical (unpaired) electrons. The predicted octanol–water partition coefficient (Wildman–Crippen LogP) is 1.76. The highest BCUT2D eigenvalue weighted by Gasteiger charge is 2.32. The van der Waals surface area contributed by atoms with E-state index in [1.165, 1.54) is 5.56 Å². The number of carbonyl (C=O) groups excluding carboxylic acids is 1. The van der Waals surface area contributed by atoms with Gasteiger partial charge in [-0.2, -0.15) is 11.3 Å². The van der Waals surface area contributed by atoms with E-state index in [0.29, 0.717) is 6.42 Å². The third-order valence-corrected chi connectivity index (χ3v) is 3.82. The smallest absolute Gasteiger partial charge is 0.240 e. The fourth-order valence-corrected chi connectivity index (χ4v) is 2.98. The molecule has 1 amide bonds. The molecule has 1 fully saturated rings. The zero-order valence-corrected chi connectivity index (χ0v) is 10.5. The third kappa shape index (κ3) is 2.51. The summed E-state index contributed by atoms with van der Waals surface area (Å²) in [6.07, 6.45) is 7.56. The third-order valence-electron chi connectivity index (χ3n) is 3.12. The number of hydrogen-bond donors (Lipinski definition) is 1. The van der Waals surface area contributed by atoms with Gasteiger partial charge in [-0.15, -0.1) is 12.3 Å². The first-order valence-electron chi connectivity index (χ1n) is 5.75. The topological polar surface area (TPSA) is 46.3 Å². The van der Waals surface area contributed by atoms with Crippen molar-refractivity contribution in [3.63, 3.8) is 0 Å². The SMILES string of the molecule is C#CCC(N)C(=O)N1CCCC1c1ccsc1. The maximum absolute atomic E-state index is 12.1. The van der Waals surface area contributed by atoms with E-state index in [1.54, 1.807) is 11.3 Å². The molecule has 0 spiro atoms. The van der Waals surface area contributed by atoms with Crippen molar-refractivity contribution in [2.75, 3.05) is 6.54 Å². The number of nitrogens with zero attached hydrogens (tertiary/aromatic N) is 1. The number of rotatable bonds is 3. The minimum atomic E-state index is -0.556. The van der Waals surface area contributed by atoms with Crippen LogP contribution in [0.1, 0.15) is 30.9 Å². The highest BCUT2D eigenvalue weighted by Crippen LogP contribution is 2.33. The van der Waals surface area contributed by atoms with Crippen LogP contribution in [0, 0.1) is 12.3 Å². The maximum Gasteiger partial charge on any atom is 0.240 e. The summed E-state index contributed by atoms with van der Waals surface area (Å²) in [5.74, 6) is 2.43. The van der Waals surface area contributed by atoms with Crippen molar-refractivity contribution in [1.29, 1.82) is 0 Å². The van der Waals surface area contributed by atoms with Crippen LogP contribution in [0.4, 0.5) is 0 Å². The van der Waals surface area contributed by atoms with Crippen LogP contribution in [0.25, 0.3) is 0 Å². The zero-order valence-electron chi connectivity index (χ0n) is 9.63. The van der Waals surface area contributed by atoms with Gasteiger partial charge in [-0.25, -0.2) is 0 Å². The Kier molecular flexibility index (Phi) is 3.82. The van der Waals surface area contributed by atoms with Gasteiger partial charge in [-0.3, -0.25) is 4.79 Å². The molecule has 0 aliphatic carbocycles. The van der Waals surface area contributed by atoms with Gasteiger partial charge >= 0.3 is 0 Å². The molecule has 1 aromatic heterocycles. The minimum Gasteiger partial charge on any atom is -0.334 e. The van der Waals surface area contributed by atoms with Gasteiger partial charge in [0.2, 0.25) is 5.91 Å². The van der Waals surface area contributed by atoms with E-state index < -0.39 is 6.04 Å². The van der Waals surface area contributed by atoms with E-state index in [9.17, 15) is 4.79 Å². The van der Waals surface area contributed by atoms with E-state index in [0.717, 1.165) is 19.4 Å². The number of thiophene rings is 1. The van der Waals surface area contributed by atoms with Crippen molar-refractivity contribution >= 4 is 17.2 Å². The van der Waals surface area contributed by atoms with Gasteiger partial charge in [-0.1, -0.05) is 0 Å². The first kappa shape index (κ1) is 12.2. The second-order valence-corrected chi connectivity index (χ2v) is 5.04. The molecule has 3 nitrogen and oxygen atoms in total. The Labute approximate surface area is 106 Å². The van der Waals surface area contributed by atoms with E-state index in [4.69, 9.17) is 12.2 Å². The maximum atomic E-state index is 12.1. The van der Waals surface area contributed by atoms with Crippen molar-refractivity contribution in [3.05, 3.63) is 22.4 Å². The normalized spacial score (nSPS) is 21.2. The fourth-order valence-electron chi connectivity index (χ4n) is 2.27. The lowest BCUT2D eigenvalue weighted by molar-refractivity contribution is -0.133. The summed E-state index contributed by atoms with van der Waals surface area (Å²) in [6, 6.07) is 1.71. The molecule has 17 heavy (non-hydrogen) atoms. The summed E-state index contributed by atoms with van der Waals surface area (Å²) in [5.41, 5.74) is 7.01. The van der Waals surface area contributed by atoms with Crippen LogP contribution in [0.3, 0.4) is 0 Å². The average Bonchev–Trinajstić information content (AvgIpc) is 2.98. The molecule has 0 bridgehead atoms. The van der Waals surface area contributed by atoms with E-state index in [1.807, 2.05) is 10.3 Å². The van der Waals surface area contributed by atoms with Crippen LogP contribution in [-0.4, -0.2) is 23.4 Å². The van der Waals surface area contributed by atoms with Crippen LogP contribution in [0.5, 0.6) is 0 Å². The molecule has 2 N–H and O–H groups in total. The number of hydrogen-bond acceptors (Lipinski definition) is 3. The lowest BCUT2D eigenvalue weighted by atomic mass is 10.1. The summed E-state index contributed by atoms with van der Waals surface area (Å²) < 4.78 is 0. The molecule has 2 heterocycles. The quantitative estimate of drug-likeness (QED) is 0.829. The molecule has 4 heteroatoms. The van der Waals surface area contributed by atoms with Crippen molar-refractivity contribution in [2.24, 2.45) is 5.73 Å². The fraction of sp³-hybridized carbons (Fsp3) is 0.462. The summed E-state index contributed by atoms with van der Waals surface area (Å²) >= 11 is 1.66. The minimum absolute atomic E-state index is 0.0170. The molecule has 2 rings (SSSR count). The highest BCUT2D eigenvalue weighted by molar-refractivity contribution is 7.07. The Morgan fingerprint density at radius 2 is 2.59 bits per heavy atom. The van der Waals surface area contributed by atoms with Gasteiger partial charge in [0.15, 0.2) is 0 Å². The Hall–Kier alpha value is -1.31. The lowest BCUT2D eigenvalue weighted by Gasteiger charge is -2.26. The summed E-state index contributed by atoms with van der Waals surface area (Å²) in [4.78, 5) is 14.0. The molecule has 1 aromatic rings. The number of carbonyl (C=O) groups is 1. The summed E-state index contributed by atoms with van der Waals surface area (Å²) in [7, 11) is 0. The van der Waals surface area contributed by atoms with Crippen molar-refractivity contribution in [1.82, 2.24) is 4.90 Å². The molecule has 1 aliphatic rings. The molecule has 0 aromatic carbocycles. The van der Waals surface area contributed by atoms with Crippen LogP contribution in [0.15, 0.2) is 16.8 Å². The molecule has 2 atom stereocenters. The second-order valence-electron chi connectivity index (χ2n) is 4.26. The highest BCUT2D eigenvalue weighted by atomic mass is 32.1. The zero-order chi connectivity index (χ0) is 12.3. The van der Waals surface area contributed by atoms with Gasteiger partial charge in [-0.05, 0) is 35.2 Å². The first-order valence-corrected chi connectivity index (χ1v) is 6.70. The Bertz CT molecular complexity index is 421. The summed E-state index contributed by atoms with van der Waals surface area (Å²) in [6.45, 7) is 0.789. The molecule has 90 valence electrons. The number of likely N-dealkylation sites (tertiary alicyclic amines) is 1. The van der Waals surface area contributed by atoms with Crippen molar-refractivity contribution < 1.29 is 4.79 Å². The van der Waals surface area contributed by atoms with Gasteiger partial charge in [0.25, 0.3) is 0 Å². The monoisotopic (exact) mass is 248 g/mol. The standard InChI is InChI=1S/C13H16N2OS/c1-2-4-11(14)13(16)15-7-3-5-12(15)10-6-8-17-9-10/h1,6,8-9,11-12H,3-5,7,14H2. The number of terminal acetylenes is 1. The molecule has 1 saturated heterocycles. The van der Waals surface area contributed by atoms with E-state index in [-0.39, 0.29) is 11.9 Å². The van der Waals surface area contributed by atoms with Gasteiger partial charge in [0.05, 0.1) is 12.1 Å². The van der Waals surface area contributed by atoms with Crippen LogP contribution in [0.2, 0.25) is 0 Å². The molecular formula is C13H16N2OS. The second kappa shape index (κ2) is 5.35. The van der Waals surface area contributed by atoms with Gasteiger partial charge < -0.3 is 10.6 Å². The van der Waals surface area contributed by atoms with Gasteiger partial charge in [0, 0.05) is 13.0 Å². The van der Waals surface area contributed by atoms with Crippen LogP contribution >= 0.6 is 11.3 Å². The molecule has 1 aliphatic heterocycles. The summed E-state index contributed by atoms with van der Waals surface area (Å²) in [5, 5.41) is 4.14. The van der Waals surface area contributed by atoms with E-state index >= 15 is 0 Å². The average molecular weight is 248 g/mol. The Balaban J connectivity index is 2.10. The first-order chi connectivity index (χ1) is 8.24. The largest absolute Gasteiger partial charge is 0.334 e. The molecule has 2 unspecified atom stereocenters. The van der Waals surface area contributed by atoms with Crippen molar-refractivity contribution in [3.8, 4) is 12.3 Å². The van der Waals surface area contributed by atoms with Crippen molar-refractivity contribution in [2.45, 2.75) is 31.3 Å². The number of amides is 1. The van der Waals surface area contributed by atoms with E-state index in [2.05, 4.69) is 17.4 Å². The predicted molar refractivity (Wildman–Crippen MR) is 69.4 cm³/mol. The van der Waals surface area contributed by atoms with Gasteiger partial charge in [0.1, 0.15) is 0 Å². The number of nitrogens with two attached hydrogens (primary N) is 1. The Morgan fingerprint density at radius 3 is 3.24 bits per heavy atom. The lowest BCUT2D eigenvalue weighted by Crippen LogP contribution is -2.43. The Morgan fingerprint density at radius 1 is 1.76 bits per heavy atom. The molecule has 0 saturated carbocycles.